The van der Waals surface area contributed by atoms with E-state index < -0.39 is 28.7 Å². The highest BCUT2D eigenvalue weighted by molar-refractivity contribution is 6.02. The second-order valence-electron chi connectivity index (χ2n) is 7.73. The maximum atomic E-state index is 13.3. The molecule has 0 spiro atoms. The fourth-order valence-electron chi connectivity index (χ4n) is 3.53. The lowest BCUT2D eigenvalue weighted by atomic mass is 10.1. The highest BCUT2D eigenvalue weighted by Gasteiger charge is 2.21. The fraction of sp³-hybridized carbons (Fsp3) is 0.120. The number of nitrogens with one attached hydrogen (secondary N) is 1. The van der Waals surface area contributed by atoms with Crippen molar-refractivity contribution in [2.24, 2.45) is 0 Å². The zero-order chi connectivity index (χ0) is 23.5. The van der Waals surface area contributed by atoms with Gasteiger partial charge in [-0.1, -0.05) is 36.4 Å². The van der Waals surface area contributed by atoms with E-state index in [1.807, 2.05) is 26.0 Å². The molecule has 0 radical (unpaired) electrons. The van der Waals surface area contributed by atoms with Gasteiger partial charge in [-0.25, -0.2) is 9.18 Å². The van der Waals surface area contributed by atoms with E-state index in [1.54, 1.807) is 36.4 Å². The largest absolute Gasteiger partial charge is 0.352 e. The van der Waals surface area contributed by atoms with E-state index in [1.165, 1.54) is 24.3 Å². The molecule has 1 heterocycles. The molecule has 7 nitrogen and oxygen atoms in total. The van der Waals surface area contributed by atoms with E-state index in [0.717, 1.165) is 25.9 Å². The summed E-state index contributed by atoms with van der Waals surface area (Å²) in [6, 6.07) is 19.5. The predicted molar refractivity (Wildman–Crippen MR) is 123 cm³/mol. The van der Waals surface area contributed by atoms with Crippen LogP contribution < -0.4 is 16.6 Å². The minimum atomic E-state index is -0.816. The molecule has 0 saturated carbocycles. The van der Waals surface area contributed by atoms with Gasteiger partial charge in [-0.3, -0.25) is 14.2 Å². The van der Waals surface area contributed by atoms with Gasteiger partial charge in [0.2, 0.25) is 5.69 Å². The van der Waals surface area contributed by atoms with E-state index in [9.17, 15) is 18.8 Å². The van der Waals surface area contributed by atoms with Crippen molar-refractivity contribution in [1.29, 1.82) is 0 Å². The Morgan fingerprint density at radius 1 is 0.939 bits per heavy atom. The molecule has 3 aromatic carbocycles. The highest BCUT2D eigenvalue weighted by Crippen LogP contribution is 2.12. The lowest BCUT2D eigenvalue weighted by Gasteiger charge is -2.13. The van der Waals surface area contributed by atoms with Crippen LogP contribution in [0.25, 0.3) is 5.69 Å². The van der Waals surface area contributed by atoms with E-state index in [2.05, 4.69) is 10.4 Å². The number of rotatable bonds is 5. The number of carbonyl (C=O) groups is 1. The molecule has 1 amide bonds. The topological polar surface area (TPSA) is 86.0 Å². The van der Waals surface area contributed by atoms with Crippen LogP contribution in [0.1, 0.15) is 27.2 Å². The standard InChI is InChI=1S/C25H21FN4O3/c1-16-12-17(2)14-21(13-16)30-25(33)29(15-18-6-4-3-5-7-18)24(32)22(28-30)23(31)27-20-10-8-19(26)9-11-20/h3-14H,15H2,1-2H3,(H,27,31). The number of hydrogen-bond donors (Lipinski definition) is 1. The number of nitrogens with zero attached hydrogens (tertiary/aromatic N) is 3. The van der Waals surface area contributed by atoms with Crippen molar-refractivity contribution in [3.63, 3.8) is 0 Å². The Morgan fingerprint density at radius 3 is 2.21 bits per heavy atom. The van der Waals surface area contributed by atoms with Crippen LogP contribution in [0.4, 0.5) is 10.1 Å². The SMILES string of the molecule is Cc1cc(C)cc(-n2nc(C(=O)Nc3ccc(F)cc3)c(=O)n(Cc3ccccc3)c2=O)c1. The number of aryl methyl sites for hydroxylation is 2. The fourth-order valence-corrected chi connectivity index (χ4v) is 3.53. The van der Waals surface area contributed by atoms with Gasteiger partial charge in [-0.05, 0) is 66.9 Å². The van der Waals surface area contributed by atoms with Crippen molar-refractivity contribution in [2.75, 3.05) is 5.32 Å². The van der Waals surface area contributed by atoms with Crippen LogP contribution in [-0.2, 0) is 6.54 Å². The van der Waals surface area contributed by atoms with Crippen LogP contribution in [0.2, 0.25) is 0 Å². The maximum Gasteiger partial charge on any atom is 0.352 e. The molecule has 0 fully saturated rings. The molecule has 1 N–H and O–H groups in total. The number of hydrogen-bond acceptors (Lipinski definition) is 4. The quantitative estimate of drug-likeness (QED) is 0.511. The third kappa shape index (κ3) is 4.79. The van der Waals surface area contributed by atoms with Crippen molar-refractivity contribution in [1.82, 2.24) is 14.3 Å². The molecule has 0 unspecified atom stereocenters. The number of halogens is 1. The molecular formula is C25H21FN4O3. The van der Waals surface area contributed by atoms with E-state index in [-0.39, 0.29) is 6.54 Å². The Bertz CT molecular complexity index is 1420. The molecule has 33 heavy (non-hydrogen) atoms. The summed E-state index contributed by atoms with van der Waals surface area (Å²) < 4.78 is 15.3. The van der Waals surface area contributed by atoms with Crippen molar-refractivity contribution in [3.05, 3.63) is 122 Å². The number of benzene rings is 3. The summed E-state index contributed by atoms with van der Waals surface area (Å²) in [5.41, 5.74) is 1.33. The Labute approximate surface area is 188 Å². The third-order valence-corrected chi connectivity index (χ3v) is 5.01. The normalized spacial score (nSPS) is 10.8. The smallest absolute Gasteiger partial charge is 0.320 e. The Balaban J connectivity index is 1.87. The molecule has 0 aliphatic heterocycles. The van der Waals surface area contributed by atoms with E-state index >= 15 is 0 Å². The van der Waals surface area contributed by atoms with E-state index in [4.69, 9.17) is 0 Å². The molecule has 0 aliphatic rings. The summed E-state index contributed by atoms with van der Waals surface area (Å²) in [5, 5.41) is 6.67. The zero-order valence-corrected chi connectivity index (χ0v) is 18.1. The number of aromatic nitrogens is 3. The molecule has 8 heteroatoms. The van der Waals surface area contributed by atoms with Crippen LogP contribution in [-0.4, -0.2) is 20.3 Å². The lowest BCUT2D eigenvalue weighted by Crippen LogP contribution is -2.45. The monoisotopic (exact) mass is 444 g/mol. The lowest BCUT2D eigenvalue weighted by molar-refractivity contribution is 0.101. The summed E-state index contributed by atoms with van der Waals surface area (Å²) in [6.45, 7) is 3.73. The maximum absolute atomic E-state index is 13.3. The van der Waals surface area contributed by atoms with Gasteiger partial charge in [0.15, 0.2) is 0 Å². The molecule has 4 aromatic rings. The first kappa shape index (κ1) is 21.9. The highest BCUT2D eigenvalue weighted by atomic mass is 19.1. The van der Waals surface area contributed by atoms with Gasteiger partial charge in [0.1, 0.15) is 5.82 Å². The summed E-state index contributed by atoms with van der Waals surface area (Å²) in [4.78, 5) is 39.4. The van der Waals surface area contributed by atoms with Gasteiger partial charge in [0.25, 0.3) is 11.5 Å². The van der Waals surface area contributed by atoms with Crippen molar-refractivity contribution in [3.8, 4) is 5.69 Å². The Morgan fingerprint density at radius 2 is 1.58 bits per heavy atom. The number of anilines is 1. The van der Waals surface area contributed by atoms with Crippen molar-refractivity contribution in [2.45, 2.75) is 20.4 Å². The molecule has 4 rings (SSSR count). The van der Waals surface area contributed by atoms with Gasteiger partial charge >= 0.3 is 5.69 Å². The van der Waals surface area contributed by atoms with Crippen LogP contribution in [0.15, 0.2) is 82.4 Å². The third-order valence-electron chi connectivity index (χ3n) is 5.01. The van der Waals surface area contributed by atoms with Gasteiger partial charge in [-0.15, -0.1) is 0 Å². The van der Waals surface area contributed by atoms with Gasteiger partial charge < -0.3 is 5.32 Å². The molecular weight excluding hydrogens is 423 g/mol. The van der Waals surface area contributed by atoms with Gasteiger partial charge in [-0.2, -0.15) is 9.78 Å². The van der Waals surface area contributed by atoms with Crippen molar-refractivity contribution >= 4 is 11.6 Å². The summed E-state index contributed by atoms with van der Waals surface area (Å²) in [7, 11) is 0. The molecule has 1 aromatic heterocycles. The minimum Gasteiger partial charge on any atom is -0.320 e. The second kappa shape index (κ2) is 9.04. The molecule has 166 valence electrons. The summed E-state index contributed by atoms with van der Waals surface area (Å²) >= 11 is 0. The number of carbonyl (C=O) groups excluding carboxylic acids is 1. The first-order valence-corrected chi connectivity index (χ1v) is 10.3. The number of amides is 1. The first-order chi connectivity index (χ1) is 15.8. The van der Waals surface area contributed by atoms with Crippen molar-refractivity contribution < 1.29 is 9.18 Å². The van der Waals surface area contributed by atoms with E-state index in [0.29, 0.717) is 11.4 Å². The predicted octanol–water partition coefficient (Wildman–Crippen LogP) is 3.45. The molecule has 0 atom stereocenters. The Hall–Kier alpha value is -4.33. The summed E-state index contributed by atoms with van der Waals surface area (Å²) in [6.07, 6.45) is 0. The van der Waals surface area contributed by atoms with Crippen LogP contribution in [0.5, 0.6) is 0 Å². The van der Waals surface area contributed by atoms with Crippen LogP contribution in [0, 0.1) is 19.7 Å². The van der Waals surface area contributed by atoms with Crippen LogP contribution >= 0.6 is 0 Å². The molecule has 0 aliphatic carbocycles. The zero-order valence-electron chi connectivity index (χ0n) is 18.1. The van der Waals surface area contributed by atoms with Gasteiger partial charge in [0, 0.05) is 5.69 Å². The second-order valence-corrected chi connectivity index (χ2v) is 7.73. The van der Waals surface area contributed by atoms with Crippen LogP contribution in [0.3, 0.4) is 0 Å². The molecule has 0 bridgehead atoms. The molecule has 0 saturated heterocycles. The average molecular weight is 444 g/mol. The Kier molecular flexibility index (Phi) is 5.99. The van der Waals surface area contributed by atoms with Gasteiger partial charge in [0.05, 0.1) is 12.2 Å². The first-order valence-electron chi connectivity index (χ1n) is 10.3. The average Bonchev–Trinajstić information content (AvgIpc) is 2.78. The minimum absolute atomic E-state index is 0.0251. The summed E-state index contributed by atoms with van der Waals surface area (Å²) in [5.74, 6) is -1.26.